The maximum Gasteiger partial charge on any atom is 0.490 e. The number of furan rings is 1. The van der Waals surface area contributed by atoms with E-state index in [-0.39, 0.29) is 18.1 Å². The number of nitrogens with one attached hydrogen (secondary N) is 1. The molecule has 0 unspecified atom stereocenters. The number of alkyl halides is 3. The summed E-state index contributed by atoms with van der Waals surface area (Å²) in [6.45, 7) is 6.14. The van der Waals surface area contributed by atoms with Gasteiger partial charge in [-0.05, 0) is 44.2 Å². The Bertz CT molecular complexity index is 778. The summed E-state index contributed by atoms with van der Waals surface area (Å²) in [5, 5.41) is 10.2. The Kier molecular flexibility index (Phi) is 8.18. The van der Waals surface area contributed by atoms with Crippen molar-refractivity contribution in [1.29, 1.82) is 0 Å². The number of amides is 1. The van der Waals surface area contributed by atoms with Crippen molar-refractivity contribution in [3.8, 4) is 0 Å². The van der Waals surface area contributed by atoms with Crippen LogP contribution in [0.1, 0.15) is 37.2 Å². The van der Waals surface area contributed by atoms with Crippen molar-refractivity contribution in [3.05, 3.63) is 23.7 Å². The highest BCUT2D eigenvalue weighted by Crippen LogP contribution is 2.34. The normalized spacial score (nSPS) is 26.3. The molecule has 1 amide bonds. The van der Waals surface area contributed by atoms with Crippen molar-refractivity contribution < 1.29 is 41.8 Å². The summed E-state index contributed by atoms with van der Waals surface area (Å²) >= 11 is 0. The topological polar surface area (TPSA) is 101 Å². The number of ether oxygens (including phenoxy) is 2. The Morgan fingerprint density at radius 3 is 2.50 bits per heavy atom. The molecule has 0 radical (unpaired) electrons. The largest absolute Gasteiger partial charge is 0.490 e. The highest BCUT2D eigenvalue weighted by molar-refractivity contribution is 5.81. The lowest BCUT2D eigenvalue weighted by molar-refractivity contribution is -0.192. The molecular weight excluding hydrogens is 433 g/mol. The van der Waals surface area contributed by atoms with Crippen LogP contribution in [0.25, 0.3) is 0 Å². The van der Waals surface area contributed by atoms with Crippen LogP contribution in [-0.4, -0.2) is 72.6 Å². The fourth-order valence-electron chi connectivity index (χ4n) is 4.28. The molecule has 1 aromatic rings. The molecule has 3 fully saturated rings. The van der Waals surface area contributed by atoms with Crippen molar-refractivity contribution in [3.63, 3.8) is 0 Å². The van der Waals surface area contributed by atoms with Crippen molar-refractivity contribution in [1.82, 2.24) is 10.2 Å². The zero-order valence-electron chi connectivity index (χ0n) is 17.9. The molecular formula is C21H29F3N2O6. The van der Waals surface area contributed by atoms with Crippen LogP contribution < -0.4 is 5.32 Å². The molecule has 8 nitrogen and oxygen atoms in total. The van der Waals surface area contributed by atoms with Gasteiger partial charge in [-0.2, -0.15) is 13.2 Å². The molecule has 0 bridgehead atoms. The Morgan fingerprint density at radius 1 is 1.22 bits per heavy atom. The number of carbonyl (C=O) groups is 2. The minimum absolute atomic E-state index is 0.0506. The summed E-state index contributed by atoms with van der Waals surface area (Å²) in [5.74, 6) is -0.233. The van der Waals surface area contributed by atoms with Gasteiger partial charge >= 0.3 is 12.1 Å². The van der Waals surface area contributed by atoms with Gasteiger partial charge in [0.15, 0.2) is 0 Å². The predicted molar refractivity (Wildman–Crippen MR) is 106 cm³/mol. The van der Waals surface area contributed by atoms with E-state index in [1.54, 1.807) is 0 Å². The van der Waals surface area contributed by atoms with Gasteiger partial charge in [-0.1, -0.05) is 0 Å². The zero-order valence-corrected chi connectivity index (χ0v) is 17.9. The molecule has 1 aromatic heterocycles. The van der Waals surface area contributed by atoms with Crippen LogP contribution in [0, 0.1) is 12.8 Å². The number of fused-ring (bicyclic) bond motifs is 1. The van der Waals surface area contributed by atoms with Crippen LogP contribution in [0.5, 0.6) is 0 Å². The molecule has 0 saturated carbocycles. The molecule has 32 heavy (non-hydrogen) atoms. The smallest absolute Gasteiger partial charge is 0.475 e. The number of carbonyl (C=O) groups excluding carboxylic acids is 1. The van der Waals surface area contributed by atoms with Crippen LogP contribution in [0.4, 0.5) is 13.2 Å². The van der Waals surface area contributed by atoms with Crippen molar-refractivity contribution in [2.24, 2.45) is 5.92 Å². The number of aliphatic carboxylic acids is 1. The number of carboxylic acid groups (broad SMARTS) is 1. The van der Waals surface area contributed by atoms with E-state index >= 15 is 0 Å². The first-order valence-corrected chi connectivity index (χ1v) is 10.7. The minimum Gasteiger partial charge on any atom is -0.475 e. The summed E-state index contributed by atoms with van der Waals surface area (Å²) in [4.78, 5) is 23.8. The van der Waals surface area contributed by atoms with E-state index in [9.17, 15) is 18.0 Å². The van der Waals surface area contributed by atoms with Gasteiger partial charge in [-0.3, -0.25) is 9.69 Å². The van der Waals surface area contributed by atoms with E-state index in [4.69, 9.17) is 23.8 Å². The molecule has 0 aromatic carbocycles. The van der Waals surface area contributed by atoms with Gasteiger partial charge in [0.1, 0.15) is 17.6 Å². The Hall–Kier alpha value is -2.11. The van der Waals surface area contributed by atoms with Crippen molar-refractivity contribution >= 4 is 11.9 Å². The molecule has 0 spiro atoms. The highest BCUT2D eigenvalue weighted by Gasteiger charge is 2.45. The second-order valence-electron chi connectivity index (χ2n) is 8.34. The highest BCUT2D eigenvalue weighted by atomic mass is 19.4. The average Bonchev–Trinajstić information content (AvgIpc) is 3.44. The van der Waals surface area contributed by atoms with Gasteiger partial charge in [0.05, 0.1) is 12.6 Å². The monoisotopic (exact) mass is 462 g/mol. The number of aryl methyl sites for hydroxylation is 1. The third-order valence-electron chi connectivity index (χ3n) is 5.99. The number of halogens is 3. The van der Waals surface area contributed by atoms with Crippen LogP contribution in [0.15, 0.2) is 16.5 Å². The Labute approximate surface area is 184 Å². The summed E-state index contributed by atoms with van der Waals surface area (Å²) in [5.41, 5.74) is 0. The number of rotatable bonds is 5. The van der Waals surface area contributed by atoms with Gasteiger partial charge in [0.25, 0.3) is 0 Å². The number of nitrogens with zero attached hydrogens (tertiary/aromatic N) is 1. The van der Waals surface area contributed by atoms with Gasteiger partial charge in [-0.25, -0.2) is 4.79 Å². The summed E-state index contributed by atoms with van der Waals surface area (Å²) in [6.07, 6.45) is -1.37. The van der Waals surface area contributed by atoms with Gasteiger partial charge < -0.3 is 24.3 Å². The first-order valence-electron chi connectivity index (χ1n) is 10.7. The molecule has 3 atom stereocenters. The van der Waals surface area contributed by atoms with Crippen molar-refractivity contribution in [2.45, 2.75) is 63.6 Å². The standard InChI is InChI=1S/C19H28N2O4.C2HF3O2/c1-13-2-3-15(24-13)12-21-7-4-17-16(21)10-18(25-17)19(22)20-11-14-5-8-23-9-6-14;3-2(4,5)1(6)7/h2-3,14,16-18H,4-12H2,1H3,(H,20,22);(H,6,7)/t16-,17-,18+;/m1./s1. The van der Waals surface area contributed by atoms with Crippen LogP contribution >= 0.6 is 0 Å². The van der Waals surface area contributed by atoms with E-state index in [0.29, 0.717) is 12.0 Å². The van der Waals surface area contributed by atoms with E-state index in [1.807, 2.05) is 19.1 Å². The number of hydrogen-bond donors (Lipinski definition) is 2. The second kappa shape index (κ2) is 10.7. The number of carboxylic acids is 1. The fraction of sp³-hybridized carbons (Fsp3) is 0.714. The van der Waals surface area contributed by atoms with E-state index < -0.39 is 12.1 Å². The lowest BCUT2D eigenvalue weighted by Gasteiger charge is -2.23. The Balaban J connectivity index is 0.000000360. The first-order chi connectivity index (χ1) is 15.1. The number of likely N-dealkylation sites (tertiary alicyclic amines) is 1. The van der Waals surface area contributed by atoms with Crippen LogP contribution in [0.3, 0.4) is 0 Å². The zero-order chi connectivity index (χ0) is 23.3. The molecule has 3 aliphatic heterocycles. The van der Waals surface area contributed by atoms with Crippen LogP contribution in [0.2, 0.25) is 0 Å². The number of hydrogen-bond acceptors (Lipinski definition) is 6. The molecule has 4 rings (SSSR count). The van der Waals surface area contributed by atoms with E-state index in [2.05, 4.69) is 10.2 Å². The lowest BCUT2D eigenvalue weighted by Crippen LogP contribution is -2.39. The lowest BCUT2D eigenvalue weighted by atomic mass is 10.0. The fourth-order valence-corrected chi connectivity index (χ4v) is 4.28. The van der Waals surface area contributed by atoms with Gasteiger partial charge in [0.2, 0.25) is 5.91 Å². The Morgan fingerprint density at radius 2 is 1.91 bits per heavy atom. The second-order valence-corrected chi connectivity index (χ2v) is 8.34. The van der Waals surface area contributed by atoms with E-state index in [1.165, 1.54) is 0 Å². The minimum atomic E-state index is -5.08. The summed E-state index contributed by atoms with van der Waals surface area (Å²) < 4.78 is 48.9. The molecule has 3 aliphatic rings. The summed E-state index contributed by atoms with van der Waals surface area (Å²) in [6, 6.07) is 4.36. The quantitative estimate of drug-likeness (QED) is 0.693. The van der Waals surface area contributed by atoms with E-state index in [0.717, 1.165) is 70.1 Å². The van der Waals surface area contributed by atoms with Gasteiger partial charge in [0, 0.05) is 38.8 Å². The molecule has 180 valence electrons. The van der Waals surface area contributed by atoms with Crippen molar-refractivity contribution in [2.75, 3.05) is 26.3 Å². The molecule has 4 heterocycles. The molecule has 0 aliphatic carbocycles. The SMILES string of the molecule is Cc1ccc(CN2CC[C@H]3O[C@H](C(=O)NCC4CCOCC4)C[C@H]32)o1.O=C(O)C(F)(F)F. The predicted octanol–water partition coefficient (Wildman–Crippen LogP) is 2.50. The molecule has 2 N–H and O–H groups in total. The average molecular weight is 462 g/mol. The third-order valence-corrected chi connectivity index (χ3v) is 5.99. The molecule has 3 saturated heterocycles. The maximum absolute atomic E-state index is 12.5. The van der Waals surface area contributed by atoms with Crippen LogP contribution in [-0.2, 0) is 25.6 Å². The molecule has 11 heteroatoms. The maximum atomic E-state index is 12.5. The third kappa shape index (κ3) is 6.69. The van der Waals surface area contributed by atoms with Gasteiger partial charge in [-0.15, -0.1) is 0 Å². The summed E-state index contributed by atoms with van der Waals surface area (Å²) in [7, 11) is 0. The first kappa shape index (κ1) is 24.5.